The summed E-state index contributed by atoms with van der Waals surface area (Å²) in [7, 11) is 0. The molecule has 0 aliphatic heterocycles. The molecule has 57 heavy (non-hydrogen) atoms. The lowest BCUT2D eigenvalue weighted by Crippen LogP contribution is -2.41. The fourth-order valence-corrected chi connectivity index (χ4v) is 5.75. The first kappa shape index (κ1) is 53.7. The maximum absolute atomic E-state index is 12.3. The molecular weight excluding hydrogens is 740 g/mol. The van der Waals surface area contributed by atoms with Gasteiger partial charge in [0.05, 0.1) is 39.6 Å². The van der Waals surface area contributed by atoms with Gasteiger partial charge in [0, 0.05) is 38.9 Å². The number of ether oxygens (including phenoxy) is 4. The average Bonchev–Trinajstić information content (AvgIpc) is 3.17. The highest BCUT2D eigenvalue weighted by Gasteiger charge is 2.20. The van der Waals surface area contributed by atoms with Gasteiger partial charge in [0.2, 0.25) is 23.6 Å². The van der Waals surface area contributed by atoms with E-state index in [0.29, 0.717) is 32.7 Å². The molecule has 16 nitrogen and oxygen atoms in total. The summed E-state index contributed by atoms with van der Waals surface area (Å²) >= 11 is 0. The minimum atomic E-state index is -1.18. The molecule has 332 valence electrons. The number of carboxylic acids is 2. The number of nitrogens with one attached hydrogen (secondary N) is 4. The zero-order chi connectivity index (χ0) is 42.0. The summed E-state index contributed by atoms with van der Waals surface area (Å²) in [6, 6.07) is -1.13. The Balaban J connectivity index is 3.64. The highest BCUT2D eigenvalue weighted by molar-refractivity contribution is 5.84. The summed E-state index contributed by atoms with van der Waals surface area (Å²) in [5, 5.41) is 28.8. The Morgan fingerprint density at radius 2 is 0.860 bits per heavy atom. The molecular formula is C41H76N4O12. The molecule has 0 fully saturated rings. The molecule has 0 unspecified atom stereocenters. The van der Waals surface area contributed by atoms with Crippen LogP contribution in [0, 0.1) is 0 Å². The Morgan fingerprint density at radius 3 is 1.33 bits per heavy atom. The Bertz CT molecular complexity index is 1050. The maximum Gasteiger partial charge on any atom is 0.326 e. The molecule has 0 heterocycles. The molecule has 0 spiro atoms. The number of amides is 4. The van der Waals surface area contributed by atoms with Crippen LogP contribution in [0.5, 0.6) is 0 Å². The summed E-state index contributed by atoms with van der Waals surface area (Å²) in [6.45, 7) is 4.69. The maximum atomic E-state index is 12.3. The van der Waals surface area contributed by atoms with Gasteiger partial charge in [0.15, 0.2) is 0 Å². The first-order valence-electron chi connectivity index (χ1n) is 21.5. The molecule has 0 aliphatic carbocycles. The zero-order valence-electron chi connectivity index (χ0n) is 34.9. The first-order valence-corrected chi connectivity index (χ1v) is 21.5. The van der Waals surface area contributed by atoms with E-state index in [9.17, 15) is 33.9 Å². The lowest BCUT2D eigenvalue weighted by Gasteiger charge is -2.14. The summed E-state index contributed by atoms with van der Waals surface area (Å²) in [6.07, 6.45) is 20.0. The van der Waals surface area contributed by atoms with Crippen LogP contribution < -0.4 is 21.3 Å². The Morgan fingerprint density at radius 1 is 0.439 bits per heavy atom. The standard InChI is InChI=1S/C41H76N4O12/c1-2-3-4-19-24-42-38(48)33-56-31-30-55-28-26-44-39(49)34-57-32-29-54-27-25-43-36(46)23-22-35(41(52)53)45-37(47)20-17-15-13-11-9-7-5-6-8-10-12-14-16-18-21-40(50)51/h35H,2-34H2,1H3,(H,42,48)(H,43,46)(H,44,49)(H,45,47)(H,50,51)(H,52,53)/t35-/m0/s1. The highest BCUT2D eigenvalue weighted by Crippen LogP contribution is 2.14. The second-order valence-electron chi connectivity index (χ2n) is 14.3. The van der Waals surface area contributed by atoms with Gasteiger partial charge in [-0.05, 0) is 25.7 Å². The van der Waals surface area contributed by atoms with Gasteiger partial charge < -0.3 is 50.4 Å². The van der Waals surface area contributed by atoms with E-state index in [1.807, 2.05) is 0 Å². The van der Waals surface area contributed by atoms with Gasteiger partial charge in [-0.25, -0.2) is 4.79 Å². The van der Waals surface area contributed by atoms with Crippen molar-refractivity contribution < 1.29 is 57.9 Å². The van der Waals surface area contributed by atoms with Crippen LogP contribution in [-0.2, 0) is 47.7 Å². The molecule has 0 saturated heterocycles. The second kappa shape index (κ2) is 40.8. The van der Waals surface area contributed by atoms with Crippen molar-refractivity contribution in [1.29, 1.82) is 0 Å². The van der Waals surface area contributed by atoms with Crippen molar-refractivity contribution in [3.63, 3.8) is 0 Å². The van der Waals surface area contributed by atoms with Crippen molar-refractivity contribution in [3.05, 3.63) is 0 Å². The largest absolute Gasteiger partial charge is 0.481 e. The van der Waals surface area contributed by atoms with Crippen LogP contribution in [0.3, 0.4) is 0 Å². The van der Waals surface area contributed by atoms with Gasteiger partial charge in [-0.15, -0.1) is 0 Å². The van der Waals surface area contributed by atoms with Crippen LogP contribution in [0.1, 0.15) is 148 Å². The molecule has 0 rings (SSSR count). The first-order chi connectivity index (χ1) is 27.6. The van der Waals surface area contributed by atoms with Gasteiger partial charge >= 0.3 is 11.9 Å². The number of rotatable bonds is 43. The third-order valence-corrected chi connectivity index (χ3v) is 9.04. The molecule has 1 atom stereocenters. The van der Waals surface area contributed by atoms with E-state index in [-0.39, 0.29) is 95.5 Å². The van der Waals surface area contributed by atoms with E-state index in [4.69, 9.17) is 24.1 Å². The number of unbranched alkanes of at least 4 members (excludes halogenated alkanes) is 16. The normalized spacial score (nSPS) is 11.5. The van der Waals surface area contributed by atoms with Gasteiger partial charge in [-0.1, -0.05) is 103 Å². The third kappa shape index (κ3) is 40.7. The number of hydrogen-bond donors (Lipinski definition) is 6. The molecule has 0 aromatic heterocycles. The number of carboxylic acid groups (broad SMARTS) is 2. The van der Waals surface area contributed by atoms with Crippen molar-refractivity contribution >= 4 is 35.6 Å². The predicted octanol–water partition coefficient (Wildman–Crippen LogP) is 4.66. The van der Waals surface area contributed by atoms with Crippen molar-refractivity contribution in [2.24, 2.45) is 0 Å². The van der Waals surface area contributed by atoms with Crippen molar-refractivity contribution in [2.75, 3.05) is 72.5 Å². The molecule has 0 radical (unpaired) electrons. The number of hydrogen-bond acceptors (Lipinski definition) is 10. The number of carbonyl (C=O) groups excluding carboxylic acids is 4. The third-order valence-electron chi connectivity index (χ3n) is 9.04. The van der Waals surface area contributed by atoms with E-state index < -0.39 is 18.0 Å². The van der Waals surface area contributed by atoms with E-state index in [1.165, 1.54) is 51.4 Å². The van der Waals surface area contributed by atoms with E-state index in [0.717, 1.165) is 57.8 Å². The van der Waals surface area contributed by atoms with E-state index in [2.05, 4.69) is 28.2 Å². The second-order valence-corrected chi connectivity index (χ2v) is 14.3. The minimum Gasteiger partial charge on any atom is -0.481 e. The molecule has 16 heteroatoms. The van der Waals surface area contributed by atoms with Crippen LogP contribution in [-0.4, -0.2) is 124 Å². The molecule has 0 bridgehead atoms. The quantitative estimate of drug-likeness (QED) is 0.0462. The van der Waals surface area contributed by atoms with Gasteiger partial charge in [0.25, 0.3) is 0 Å². The summed E-state index contributed by atoms with van der Waals surface area (Å²) in [5.74, 6) is -2.99. The average molecular weight is 817 g/mol. The van der Waals surface area contributed by atoms with Crippen molar-refractivity contribution in [1.82, 2.24) is 21.3 Å². The Kier molecular flexibility index (Phi) is 38.4. The molecule has 0 saturated carbocycles. The van der Waals surface area contributed by atoms with Crippen LogP contribution in [0.15, 0.2) is 0 Å². The smallest absolute Gasteiger partial charge is 0.326 e. The topological polar surface area (TPSA) is 228 Å². The van der Waals surface area contributed by atoms with Gasteiger partial charge in [0.1, 0.15) is 19.3 Å². The minimum absolute atomic E-state index is 0.00554. The van der Waals surface area contributed by atoms with E-state index in [1.54, 1.807) is 0 Å². The number of carbonyl (C=O) groups is 6. The lowest BCUT2D eigenvalue weighted by molar-refractivity contribution is -0.142. The van der Waals surface area contributed by atoms with E-state index >= 15 is 0 Å². The van der Waals surface area contributed by atoms with Crippen molar-refractivity contribution in [2.45, 2.75) is 154 Å². The number of aliphatic carboxylic acids is 2. The molecule has 0 aliphatic rings. The highest BCUT2D eigenvalue weighted by atomic mass is 16.5. The predicted molar refractivity (Wildman–Crippen MR) is 217 cm³/mol. The SMILES string of the molecule is CCCCCCNC(=O)COCCOCCNC(=O)COCCOCCNC(=O)CC[C@H](NC(=O)CCCCCCCCCCCCCCCCC(=O)O)C(=O)O. The van der Waals surface area contributed by atoms with Crippen LogP contribution >= 0.6 is 0 Å². The monoisotopic (exact) mass is 817 g/mol. The summed E-state index contributed by atoms with van der Waals surface area (Å²) in [4.78, 5) is 70.2. The van der Waals surface area contributed by atoms with Crippen molar-refractivity contribution in [3.8, 4) is 0 Å². The lowest BCUT2D eigenvalue weighted by atomic mass is 10.0. The fourth-order valence-electron chi connectivity index (χ4n) is 5.75. The molecule has 4 amide bonds. The summed E-state index contributed by atoms with van der Waals surface area (Å²) < 4.78 is 21.3. The van der Waals surface area contributed by atoms with Crippen LogP contribution in [0.25, 0.3) is 0 Å². The summed E-state index contributed by atoms with van der Waals surface area (Å²) in [5.41, 5.74) is 0. The Labute approximate surface area is 341 Å². The zero-order valence-corrected chi connectivity index (χ0v) is 34.9. The van der Waals surface area contributed by atoms with Crippen LogP contribution in [0.2, 0.25) is 0 Å². The van der Waals surface area contributed by atoms with Crippen LogP contribution in [0.4, 0.5) is 0 Å². The Hall–Kier alpha value is -3.34. The van der Waals surface area contributed by atoms with Gasteiger partial charge in [-0.2, -0.15) is 0 Å². The fraction of sp³-hybridized carbons (Fsp3) is 0.854. The molecule has 6 N–H and O–H groups in total. The molecule has 0 aromatic rings. The van der Waals surface area contributed by atoms with Gasteiger partial charge in [-0.3, -0.25) is 24.0 Å². The molecule has 0 aromatic carbocycles.